The fourth-order valence-electron chi connectivity index (χ4n) is 2.35. The minimum Gasteiger partial charge on any atom is -0.389 e. The molecule has 3 heteroatoms. The summed E-state index contributed by atoms with van der Waals surface area (Å²) < 4.78 is 0.296. The van der Waals surface area contributed by atoms with Crippen molar-refractivity contribution in [1.82, 2.24) is 0 Å². The van der Waals surface area contributed by atoms with Crippen molar-refractivity contribution >= 4 is 17.4 Å². The SMILES string of the molecule is C[C@H](O)c1ccccc1N1CCSC(C)(C)C1. The Hall–Kier alpha value is -0.670. The van der Waals surface area contributed by atoms with Crippen LogP contribution in [0.1, 0.15) is 32.4 Å². The van der Waals surface area contributed by atoms with E-state index in [4.69, 9.17) is 0 Å². The molecule has 0 aromatic heterocycles. The summed E-state index contributed by atoms with van der Waals surface area (Å²) in [4.78, 5) is 2.40. The Morgan fingerprint density at radius 1 is 1.35 bits per heavy atom. The van der Waals surface area contributed by atoms with Crippen LogP contribution in [0.3, 0.4) is 0 Å². The van der Waals surface area contributed by atoms with Gasteiger partial charge in [-0.15, -0.1) is 0 Å². The molecule has 0 amide bonds. The lowest BCUT2D eigenvalue weighted by Crippen LogP contribution is -2.43. The molecular weight excluding hydrogens is 230 g/mol. The van der Waals surface area contributed by atoms with Crippen LogP contribution in [0.2, 0.25) is 0 Å². The summed E-state index contributed by atoms with van der Waals surface area (Å²) in [5.41, 5.74) is 2.23. The Morgan fingerprint density at radius 3 is 2.71 bits per heavy atom. The van der Waals surface area contributed by atoms with Crippen LogP contribution in [0, 0.1) is 0 Å². The predicted octanol–water partition coefficient (Wildman–Crippen LogP) is 3.07. The fourth-order valence-corrected chi connectivity index (χ4v) is 3.46. The van der Waals surface area contributed by atoms with Crippen LogP contribution in [0.4, 0.5) is 5.69 Å². The van der Waals surface area contributed by atoms with Gasteiger partial charge in [-0.2, -0.15) is 11.8 Å². The minimum atomic E-state index is -0.399. The maximum absolute atomic E-state index is 9.83. The van der Waals surface area contributed by atoms with E-state index in [2.05, 4.69) is 30.9 Å². The molecule has 1 atom stereocenters. The van der Waals surface area contributed by atoms with E-state index in [-0.39, 0.29) is 0 Å². The topological polar surface area (TPSA) is 23.5 Å². The maximum atomic E-state index is 9.83. The first-order valence-electron chi connectivity index (χ1n) is 6.15. The van der Waals surface area contributed by atoms with Gasteiger partial charge in [0, 0.05) is 34.8 Å². The van der Waals surface area contributed by atoms with Crippen LogP contribution in [0.5, 0.6) is 0 Å². The molecule has 1 aliphatic rings. The highest BCUT2D eigenvalue weighted by Crippen LogP contribution is 2.34. The van der Waals surface area contributed by atoms with Crippen molar-refractivity contribution in [1.29, 1.82) is 0 Å². The van der Waals surface area contributed by atoms with Crippen LogP contribution >= 0.6 is 11.8 Å². The predicted molar refractivity (Wildman–Crippen MR) is 75.8 cm³/mol. The average molecular weight is 251 g/mol. The summed E-state index contributed by atoms with van der Waals surface area (Å²) in [6.45, 7) is 8.52. The standard InChI is InChI=1S/C14H21NOS/c1-11(16)12-6-4-5-7-13(12)15-8-9-17-14(2,3)10-15/h4-7,11,16H,8-10H2,1-3H3/t11-/m0/s1. The second-order valence-corrected chi connectivity index (χ2v) is 7.07. The molecular formula is C14H21NOS. The summed E-state index contributed by atoms with van der Waals surface area (Å²) in [7, 11) is 0. The third kappa shape index (κ3) is 2.96. The van der Waals surface area contributed by atoms with E-state index in [1.54, 1.807) is 0 Å². The normalized spacial score (nSPS) is 21.3. The number of aliphatic hydroxyl groups is 1. The van der Waals surface area contributed by atoms with Crippen molar-refractivity contribution in [2.75, 3.05) is 23.7 Å². The van der Waals surface area contributed by atoms with Gasteiger partial charge >= 0.3 is 0 Å². The molecule has 2 nitrogen and oxygen atoms in total. The Kier molecular flexibility index (Phi) is 3.69. The van der Waals surface area contributed by atoms with Crippen LogP contribution in [-0.4, -0.2) is 28.7 Å². The Balaban J connectivity index is 2.27. The molecule has 94 valence electrons. The van der Waals surface area contributed by atoms with Gasteiger partial charge in [-0.25, -0.2) is 0 Å². The van der Waals surface area contributed by atoms with Gasteiger partial charge in [0.2, 0.25) is 0 Å². The van der Waals surface area contributed by atoms with E-state index >= 15 is 0 Å². The molecule has 1 saturated heterocycles. The third-order valence-electron chi connectivity index (χ3n) is 3.15. The van der Waals surface area contributed by atoms with E-state index in [1.165, 1.54) is 5.69 Å². The molecule has 17 heavy (non-hydrogen) atoms. The molecule has 1 N–H and O–H groups in total. The Bertz CT molecular complexity index is 390. The number of hydrogen-bond donors (Lipinski definition) is 1. The summed E-state index contributed by atoms with van der Waals surface area (Å²) in [5, 5.41) is 9.83. The largest absolute Gasteiger partial charge is 0.389 e. The molecule has 0 spiro atoms. The fraction of sp³-hybridized carbons (Fsp3) is 0.571. The molecule has 0 saturated carbocycles. The maximum Gasteiger partial charge on any atom is 0.0781 e. The van der Waals surface area contributed by atoms with Crippen LogP contribution in [0.25, 0.3) is 0 Å². The zero-order chi connectivity index (χ0) is 12.5. The lowest BCUT2D eigenvalue weighted by Gasteiger charge is -2.40. The van der Waals surface area contributed by atoms with E-state index in [1.807, 2.05) is 30.8 Å². The number of hydrogen-bond acceptors (Lipinski definition) is 3. The number of anilines is 1. The van der Waals surface area contributed by atoms with Gasteiger partial charge < -0.3 is 10.0 Å². The average Bonchev–Trinajstić information content (AvgIpc) is 2.27. The van der Waals surface area contributed by atoms with Crippen molar-refractivity contribution < 1.29 is 5.11 Å². The van der Waals surface area contributed by atoms with Gasteiger partial charge in [-0.3, -0.25) is 0 Å². The summed E-state index contributed by atoms with van der Waals surface area (Å²) in [5.74, 6) is 1.15. The third-order valence-corrected chi connectivity index (χ3v) is 4.45. The lowest BCUT2D eigenvalue weighted by molar-refractivity contribution is 0.199. The number of aliphatic hydroxyl groups excluding tert-OH is 1. The molecule has 1 aromatic carbocycles. The van der Waals surface area contributed by atoms with Gasteiger partial charge in [-0.05, 0) is 26.8 Å². The highest BCUT2D eigenvalue weighted by molar-refractivity contribution is 8.00. The molecule has 0 radical (unpaired) electrons. The second kappa shape index (κ2) is 4.91. The Labute approximate surface area is 108 Å². The van der Waals surface area contributed by atoms with Crippen LogP contribution in [-0.2, 0) is 0 Å². The monoisotopic (exact) mass is 251 g/mol. The zero-order valence-corrected chi connectivity index (χ0v) is 11.6. The summed E-state index contributed by atoms with van der Waals surface area (Å²) in [6, 6.07) is 8.19. The minimum absolute atomic E-state index is 0.296. The molecule has 1 aliphatic heterocycles. The summed E-state index contributed by atoms with van der Waals surface area (Å²) >= 11 is 2.03. The van der Waals surface area contributed by atoms with E-state index in [9.17, 15) is 5.11 Å². The van der Waals surface area contributed by atoms with Crippen molar-refractivity contribution in [3.63, 3.8) is 0 Å². The first-order valence-corrected chi connectivity index (χ1v) is 7.14. The first kappa shape index (κ1) is 12.8. The first-order chi connectivity index (χ1) is 7.99. The Morgan fingerprint density at radius 2 is 2.06 bits per heavy atom. The molecule has 1 heterocycles. The van der Waals surface area contributed by atoms with Gasteiger partial charge in [0.1, 0.15) is 0 Å². The second-order valence-electron chi connectivity index (χ2n) is 5.26. The van der Waals surface area contributed by atoms with Gasteiger partial charge in [0.15, 0.2) is 0 Å². The number of benzene rings is 1. The van der Waals surface area contributed by atoms with Gasteiger partial charge in [0.25, 0.3) is 0 Å². The van der Waals surface area contributed by atoms with Crippen LogP contribution < -0.4 is 4.90 Å². The molecule has 1 aromatic rings. The quantitative estimate of drug-likeness (QED) is 0.874. The van der Waals surface area contributed by atoms with Crippen molar-refractivity contribution in [2.45, 2.75) is 31.6 Å². The highest BCUT2D eigenvalue weighted by Gasteiger charge is 2.28. The number of thioether (sulfide) groups is 1. The van der Waals surface area contributed by atoms with Crippen molar-refractivity contribution in [2.24, 2.45) is 0 Å². The van der Waals surface area contributed by atoms with E-state index < -0.39 is 6.10 Å². The molecule has 0 bridgehead atoms. The molecule has 0 unspecified atom stereocenters. The van der Waals surface area contributed by atoms with Gasteiger partial charge in [-0.1, -0.05) is 18.2 Å². The van der Waals surface area contributed by atoms with Gasteiger partial charge in [0.05, 0.1) is 6.10 Å². The highest BCUT2D eigenvalue weighted by atomic mass is 32.2. The van der Waals surface area contributed by atoms with E-state index in [0.29, 0.717) is 4.75 Å². The van der Waals surface area contributed by atoms with Crippen molar-refractivity contribution in [3.8, 4) is 0 Å². The molecule has 0 aliphatic carbocycles. The van der Waals surface area contributed by atoms with E-state index in [0.717, 1.165) is 24.4 Å². The molecule has 1 fully saturated rings. The smallest absolute Gasteiger partial charge is 0.0781 e. The molecule has 2 rings (SSSR count). The zero-order valence-electron chi connectivity index (χ0n) is 10.8. The number of nitrogens with zero attached hydrogens (tertiary/aromatic N) is 1. The van der Waals surface area contributed by atoms with Crippen molar-refractivity contribution in [3.05, 3.63) is 29.8 Å². The lowest BCUT2D eigenvalue weighted by atomic mass is 10.1. The number of rotatable bonds is 2. The summed E-state index contributed by atoms with van der Waals surface area (Å²) in [6.07, 6.45) is -0.399. The van der Waals surface area contributed by atoms with Crippen LogP contribution in [0.15, 0.2) is 24.3 Å². The number of para-hydroxylation sites is 1.